The number of hydrogen-bond acceptors (Lipinski definition) is 8. The molecule has 0 unspecified atom stereocenters. The quantitative estimate of drug-likeness (QED) is 0.712. The van der Waals surface area contributed by atoms with Crippen LogP contribution in [-0.4, -0.2) is 20.2 Å². The van der Waals surface area contributed by atoms with Gasteiger partial charge in [0.2, 0.25) is 5.89 Å². The minimum absolute atomic E-state index is 0.171. The molecule has 0 radical (unpaired) electrons. The first-order valence-corrected chi connectivity index (χ1v) is 8.19. The van der Waals surface area contributed by atoms with Crippen LogP contribution < -0.4 is 0 Å². The lowest BCUT2D eigenvalue weighted by Gasteiger charge is -1.97. The number of nitrogens with zero attached hydrogens (tertiary/aromatic N) is 5. The summed E-state index contributed by atoms with van der Waals surface area (Å²) in [7, 11) is 0. The van der Waals surface area contributed by atoms with Crippen LogP contribution in [0.25, 0.3) is 0 Å². The third kappa shape index (κ3) is 3.44. The highest BCUT2D eigenvalue weighted by molar-refractivity contribution is 7.99. The molecule has 110 valence electrons. The van der Waals surface area contributed by atoms with Gasteiger partial charge in [-0.1, -0.05) is 11.6 Å². The molecule has 3 aromatic rings. The molecule has 3 rings (SSSR count). The second-order valence-electron chi connectivity index (χ2n) is 4.19. The molecule has 0 bridgehead atoms. The Morgan fingerprint density at radius 3 is 2.95 bits per heavy atom. The van der Waals surface area contributed by atoms with Crippen LogP contribution in [0.4, 0.5) is 0 Å². The van der Waals surface area contributed by atoms with Crippen molar-refractivity contribution in [3.63, 3.8) is 0 Å². The first kappa shape index (κ1) is 15.0. The van der Waals surface area contributed by atoms with Gasteiger partial charge in [-0.3, -0.25) is 0 Å². The standard InChI is InChI=1S/C13H8ClN5OS2/c1-7-16-8(6-21-7)4-11-18-19-13(20-11)22-12-3-2-9(14)10(5-15)17-12/h2-3,6H,4H2,1H3. The molecular formula is C13H8ClN5OS2. The zero-order chi connectivity index (χ0) is 15.5. The van der Waals surface area contributed by atoms with Crippen molar-refractivity contribution in [2.45, 2.75) is 23.6 Å². The molecule has 0 spiro atoms. The van der Waals surface area contributed by atoms with Crippen LogP contribution in [-0.2, 0) is 6.42 Å². The van der Waals surface area contributed by atoms with Gasteiger partial charge in [0.25, 0.3) is 5.22 Å². The summed E-state index contributed by atoms with van der Waals surface area (Å²) in [6, 6.07) is 5.24. The van der Waals surface area contributed by atoms with Gasteiger partial charge < -0.3 is 4.42 Å². The van der Waals surface area contributed by atoms with E-state index in [2.05, 4.69) is 20.2 Å². The molecule has 3 aromatic heterocycles. The van der Waals surface area contributed by atoms with Gasteiger partial charge in [-0.15, -0.1) is 21.5 Å². The zero-order valence-electron chi connectivity index (χ0n) is 11.3. The summed E-state index contributed by atoms with van der Waals surface area (Å²) in [5.41, 5.74) is 1.07. The normalized spacial score (nSPS) is 10.6. The average molecular weight is 350 g/mol. The topological polar surface area (TPSA) is 88.5 Å². The van der Waals surface area contributed by atoms with E-state index in [1.165, 1.54) is 11.8 Å². The first-order valence-electron chi connectivity index (χ1n) is 6.12. The smallest absolute Gasteiger partial charge is 0.282 e. The summed E-state index contributed by atoms with van der Waals surface area (Å²) >= 11 is 8.61. The van der Waals surface area contributed by atoms with E-state index in [4.69, 9.17) is 21.3 Å². The Morgan fingerprint density at radius 2 is 2.23 bits per heavy atom. The highest BCUT2D eigenvalue weighted by Gasteiger charge is 2.12. The van der Waals surface area contributed by atoms with Gasteiger partial charge in [-0.25, -0.2) is 9.97 Å². The Bertz CT molecular complexity index is 854. The predicted molar refractivity (Wildman–Crippen MR) is 82.0 cm³/mol. The third-order valence-electron chi connectivity index (χ3n) is 2.57. The Morgan fingerprint density at radius 1 is 1.36 bits per heavy atom. The van der Waals surface area contributed by atoms with Crippen LogP contribution in [0.15, 0.2) is 32.2 Å². The third-order valence-corrected chi connectivity index (χ3v) is 4.47. The Balaban J connectivity index is 1.73. The van der Waals surface area contributed by atoms with Crippen molar-refractivity contribution in [1.82, 2.24) is 20.2 Å². The first-order chi connectivity index (χ1) is 10.6. The molecule has 0 aliphatic heterocycles. The van der Waals surface area contributed by atoms with E-state index in [0.29, 0.717) is 27.6 Å². The average Bonchev–Trinajstić information content (AvgIpc) is 3.11. The van der Waals surface area contributed by atoms with E-state index in [-0.39, 0.29) is 5.69 Å². The number of pyridine rings is 1. The number of thiazole rings is 1. The number of aromatic nitrogens is 4. The van der Waals surface area contributed by atoms with Crippen molar-refractivity contribution in [3.8, 4) is 6.07 Å². The maximum atomic E-state index is 8.92. The van der Waals surface area contributed by atoms with Gasteiger partial charge in [0.05, 0.1) is 22.1 Å². The van der Waals surface area contributed by atoms with Crippen molar-refractivity contribution in [2.75, 3.05) is 0 Å². The van der Waals surface area contributed by atoms with Gasteiger partial charge in [-0.05, 0) is 30.8 Å². The fourth-order valence-electron chi connectivity index (χ4n) is 1.64. The SMILES string of the molecule is Cc1nc(Cc2nnc(Sc3ccc(Cl)c(C#N)n3)o2)cs1. The van der Waals surface area contributed by atoms with Crippen LogP contribution in [0.3, 0.4) is 0 Å². The van der Waals surface area contributed by atoms with Gasteiger partial charge in [0, 0.05) is 5.38 Å². The lowest BCUT2D eigenvalue weighted by Crippen LogP contribution is -1.88. The molecule has 3 heterocycles. The number of rotatable bonds is 4. The van der Waals surface area contributed by atoms with Crippen LogP contribution in [0.1, 0.15) is 22.3 Å². The Kier molecular flexibility index (Phi) is 4.38. The molecule has 0 saturated heterocycles. The maximum absolute atomic E-state index is 8.92. The molecule has 0 N–H and O–H groups in total. The molecule has 0 aliphatic rings. The summed E-state index contributed by atoms with van der Waals surface area (Å²) in [5, 5.41) is 21.1. The fourth-order valence-corrected chi connectivity index (χ4v) is 3.08. The van der Waals surface area contributed by atoms with Crippen LogP contribution in [0.5, 0.6) is 0 Å². The summed E-state index contributed by atoms with van der Waals surface area (Å²) in [4.78, 5) is 8.47. The molecule has 0 atom stereocenters. The number of nitriles is 1. The second-order valence-corrected chi connectivity index (χ2v) is 6.63. The minimum Gasteiger partial charge on any atom is -0.415 e. The number of hydrogen-bond donors (Lipinski definition) is 0. The van der Waals surface area contributed by atoms with Gasteiger partial charge in [0.15, 0.2) is 5.69 Å². The summed E-state index contributed by atoms with van der Waals surface area (Å²) in [5.74, 6) is 0.488. The van der Waals surface area contributed by atoms with E-state index in [1.54, 1.807) is 23.5 Å². The fraction of sp³-hybridized carbons (Fsp3) is 0.154. The van der Waals surface area contributed by atoms with Crippen molar-refractivity contribution in [3.05, 3.63) is 44.8 Å². The van der Waals surface area contributed by atoms with E-state index in [9.17, 15) is 0 Å². The summed E-state index contributed by atoms with van der Waals surface area (Å²) < 4.78 is 5.55. The van der Waals surface area contributed by atoms with Crippen molar-refractivity contribution in [2.24, 2.45) is 0 Å². The monoisotopic (exact) mass is 349 g/mol. The number of aryl methyl sites for hydroxylation is 1. The van der Waals surface area contributed by atoms with Gasteiger partial charge in [-0.2, -0.15) is 5.26 Å². The van der Waals surface area contributed by atoms with Crippen molar-refractivity contribution >= 4 is 34.7 Å². The van der Waals surface area contributed by atoms with Crippen LogP contribution in [0, 0.1) is 18.3 Å². The van der Waals surface area contributed by atoms with Gasteiger partial charge in [0.1, 0.15) is 11.1 Å². The Hall–Kier alpha value is -1.95. The van der Waals surface area contributed by atoms with Crippen molar-refractivity contribution in [1.29, 1.82) is 5.26 Å². The molecule has 9 heteroatoms. The largest absolute Gasteiger partial charge is 0.415 e. The summed E-state index contributed by atoms with van der Waals surface area (Å²) in [6.45, 7) is 1.95. The molecule has 22 heavy (non-hydrogen) atoms. The summed E-state index contributed by atoms with van der Waals surface area (Å²) in [6.07, 6.45) is 0.495. The molecule has 0 aromatic carbocycles. The lowest BCUT2D eigenvalue weighted by atomic mass is 10.3. The number of halogens is 1. The Labute approximate surface area is 139 Å². The highest BCUT2D eigenvalue weighted by atomic mass is 35.5. The lowest BCUT2D eigenvalue weighted by molar-refractivity contribution is 0.419. The molecule has 6 nitrogen and oxygen atoms in total. The molecular weight excluding hydrogens is 342 g/mol. The van der Waals surface area contributed by atoms with E-state index >= 15 is 0 Å². The van der Waals surface area contributed by atoms with E-state index < -0.39 is 0 Å². The molecule has 0 saturated carbocycles. The van der Waals surface area contributed by atoms with E-state index in [1.807, 2.05) is 18.4 Å². The van der Waals surface area contributed by atoms with Crippen molar-refractivity contribution < 1.29 is 4.42 Å². The van der Waals surface area contributed by atoms with Crippen LogP contribution in [0.2, 0.25) is 5.02 Å². The van der Waals surface area contributed by atoms with E-state index in [0.717, 1.165) is 10.7 Å². The molecule has 0 aliphatic carbocycles. The van der Waals surface area contributed by atoms with Crippen LogP contribution >= 0.6 is 34.7 Å². The zero-order valence-corrected chi connectivity index (χ0v) is 13.7. The molecule has 0 fully saturated rings. The predicted octanol–water partition coefficient (Wildman–Crippen LogP) is 3.50. The van der Waals surface area contributed by atoms with Gasteiger partial charge >= 0.3 is 0 Å². The maximum Gasteiger partial charge on any atom is 0.282 e. The minimum atomic E-state index is 0.171. The second kappa shape index (κ2) is 6.44. The highest BCUT2D eigenvalue weighted by Crippen LogP contribution is 2.27. The molecule has 0 amide bonds.